The molecule has 8 heteroatoms. The second-order valence-electron chi connectivity index (χ2n) is 7.02. The van der Waals surface area contributed by atoms with E-state index < -0.39 is 17.6 Å². The lowest BCUT2D eigenvalue weighted by Gasteiger charge is -2.10. The molecule has 0 atom stereocenters. The first-order valence-corrected chi connectivity index (χ1v) is 9.81. The van der Waals surface area contributed by atoms with Gasteiger partial charge in [-0.25, -0.2) is 4.39 Å². The topological polar surface area (TPSA) is 111 Å². The van der Waals surface area contributed by atoms with Crippen molar-refractivity contribution in [3.05, 3.63) is 95.3 Å². The van der Waals surface area contributed by atoms with E-state index in [0.717, 1.165) is 17.2 Å². The molecular formula is C24H22FN3O4. The zero-order valence-electron chi connectivity index (χ0n) is 17.1. The van der Waals surface area contributed by atoms with Gasteiger partial charge in [-0.2, -0.15) is 0 Å². The number of nitrogens with two attached hydrogens (primary N) is 1. The third-order valence-corrected chi connectivity index (χ3v) is 4.43. The normalized spacial score (nSPS) is 10.3. The largest absolute Gasteiger partial charge is 0.484 e. The summed E-state index contributed by atoms with van der Waals surface area (Å²) >= 11 is 0. The number of primary amides is 1. The maximum Gasteiger partial charge on any atom is 0.258 e. The van der Waals surface area contributed by atoms with Crippen LogP contribution in [0.25, 0.3) is 0 Å². The van der Waals surface area contributed by atoms with E-state index in [0.29, 0.717) is 11.4 Å². The Bertz CT molecular complexity index is 1120. The molecule has 164 valence electrons. The van der Waals surface area contributed by atoms with Crippen molar-refractivity contribution >= 4 is 23.4 Å². The number of hydrogen-bond acceptors (Lipinski definition) is 4. The molecule has 4 N–H and O–H groups in total. The molecular weight excluding hydrogens is 413 g/mol. The molecule has 7 nitrogen and oxygen atoms in total. The minimum absolute atomic E-state index is 0.141. The average molecular weight is 435 g/mol. The number of halogens is 1. The summed E-state index contributed by atoms with van der Waals surface area (Å²) in [5.41, 5.74) is 7.42. The zero-order chi connectivity index (χ0) is 22.9. The standard InChI is InChI=1S/C24H22FN3O4/c25-19-5-2-4-18(13-19)24(31)28-20-6-1-3-17(11-20)14-27-23(30)15-32-21-9-7-16(8-10-21)12-22(26)29/h1-11,13H,12,14-15H2,(H2,26,29)(H,27,30)(H,28,31). The van der Waals surface area contributed by atoms with E-state index in [9.17, 15) is 18.8 Å². The van der Waals surface area contributed by atoms with Crippen LogP contribution >= 0.6 is 0 Å². The Morgan fingerprint density at radius 3 is 2.38 bits per heavy atom. The highest BCUT2D eigenvalue weighted by Crippen LogP contribution is 2.14. The Hall–Kier alpha value is -4.20. The first-order valence-electron chi connectivity index (χ1n) is 9.81. The van der Waals surface area contributed by atoms with Gasteiger partial charge in [0.05, 0.1) is 6.42 Å². The molecule has 0 saturated carbocycles. The maximum absolute atomic E-state index is 13.3. The molecule has 3 aromatic rings. The summed E-state index contributed by atoms with van der Waals surface area (Å²) in [5.74, 6) is -1.16. The number of ether oxygens (including phenoxy) is 1. The Morgan fingerprint density at radius 1 is 0.906 bits per heavy atom. The van der Waals surface area contributed by atoms with E-state index >= 15 is 0 Å². The van der Waals surface area contributed by atoms with Crippen LogP contribution in [0, 0.1) is 5.82 Å². The van der Waals surface area contributed by atoms with Crippen LogP contribution in [-0.2, 0) is 22.6 Å². The highest BCUT2D eigenvalue weighted by Gasteiger charge is 2.08. The van der Waals surface area contributed by atoms with Crippen molar-refractivity contribution in [2.24, 2.45) is 5.73 Å². The van der Waals surface area contributed by atoms with Crippen LogP contribution in [0.3, 0.4) is 0 Å². The second-order valence-corrected chi connectivity index (χ2v) is 7.02. The molecule has 3 rings (SSSR count). The monoisotopic (exact) mass is 435 g/mol. The van der Waals surface area contributed by atoms with Crippen LogP contribution in [-0.4, -0.2) is 24.3 Å². The Balaban J connectivity index is 1.47. The molecule has 32 heavy (non-hydrogen) atoms. The zero-order valence-corrected chi connectivity index (χ0v) is 17.1. The van der Waals surface area contributed by atoms with Gasteiger partial charge in [0.1, 0.15) is 11.6 Å². The second kappa shape index (κ2) is 10.7. The fraction of sp³-hybridized carbons (Fsp3) is 0.125. The molecule has 0 bridgehead atoms. The van der Waals surface area contributed by atoms with Crippen molar-refractivity contribution in [1.29, 1.82) is 0 Å². The van der Waals surface area contributed by atoms with E-state index in [1.54, 1.807) is 48.5 Å². The van der Waals surface area contributed by atoms with Crippen LogP contribution in [0.1, 0.15) is 21.5 Å². The molecule has 0 aliphatic heterocycles. The van der Waals surface area contributed by atoms with E-state index in [1.165, 1.54) is 18.2 Å². The number of benzene rings is 3. The van der Waals surface area contributed by atoms with Gasteiger partial charge in [0.25, 0.3) is 11.8 Å². The van der Waals surface area contributed by atoms with Crippen molar-refractivity contribution in [3.63, 3.8) is 0 Å². The van der Waals surface area contributed by atoms with Crippen LogP contribution in [0.4, 0.5) is 10.1 Å². The van der Waals surface area contributed by atoms with Crippen molar-refractivity contribution < 1.29 is 23.5 Å². The van der Waals surface area contributed by atoms with Crippen LogP contribution in [0.2, 0.25) is 0 Å². The average Bonchev–Trinajstić information content (AvgIpc) is 2.77. The minimum Gasteiger partial charge on any atom is -0.484 e. The molecule has 0 fully saturated rings. The summed E-state index contributed by atoms with van der Waals surface area (Å²) < 4.78 is 18.7. The molecule has 0 spiro atoms. The van der Waals surface area contributed by atoms with Crippen molar-refractivity contribution in [1.82, 2.24) is 5.32 Å². The van der Waals surface area contributed by atoms with Crippen molar-refractivity contribution in [3.8, 4) is 5.75 Å². The van der Waals surface area contributed by atoms with Gasteiger partial charge in [-0.1, -0.05) is 30.3 Å². The molecule has 0 aliphatic carbocycles. The molecule has 3 aromatic carbocycles. The van der Waals surface area contributed by atoms with E-state index in [2.05, 4.69) is 10.6 Å². The Morgan fingerprint density at radius 2 is 1.66 bits per heavy atom. The molecule has 3 amide bonds. The summed E-state index contributed by atoms with van der Waals surface area (Å²) in [5, 5.41) is 5.44. The summed E-state index contributed by atoms with van der Waals surface area (Å²) in [4.78, 5) is 35.2. The van der Waals surface area contributed by atoms with Crippen LogP contribution in [0.5, 0.6) is 5.75 Å². The van der Waals surface area contributed by atoms with Gasteiger partial charge in [0.15, 0.2) is 6.61 Å². The molecule has 0 radical (unpaired) electrons. The lowest BCUT2D eigenvalue weighted by Crippen LogP contribution is -2.28. The maximum atomic E-state index is 13.3. The SMILES string of the molecule is NC(=O)Cc1ccc(OCC(=O)NCc2cccc(NC(=O)c3cccc(F)c3)c2)cc1. The lowest BCUT2D eigenvalue weighted by molar-refractivity contribution is -0.123. The summed E-state index contributed by atoms with van der Waals surface area (Å²) in [6.07, 6.45) is 0.141. The lowest BCUT2D eigenvalue weighted by atomic mass is 10.1. The predicted molar refractivity (Wildman–Crippen MR) is 117 cm³/mol. The highest BCUT2D eigenvalue weighted by atomic mass is 19.1. The summed E-state index contributed by atoms with van der Waals surface area (Å²) in [6, 6.07) is 19.1. The van der Waals surface area contributed by atoms with E-state index in [1.807, 2.05) is 0 Å². The fourth-order valence-corrected chi connectivity index (χ4v) is 2.90. The Labute approximate surface area is 184 Å². The number of amides is 3. The first-order chi connectivity index (χ1) is 15.4. The van der Waals surface area contributed by atoms with Crippen molar-refractivity contribution in [2.75, 3.05) is 11.9 Å². The number of rotatable bonds is 9. The molecule has 0 aliphatic rings. The Kier molecular flexibility index (Phi) is 7.53. The smallest absolute Gasteiger partial charge is 0.258 e. The van der Waals surface area contributed by atoms with Gasteiger partial charge in [-0.15, -0.1) is 0 Å². The van der Waals surface area contributed by atoms with Gasteiger partial charge in [0, 0.05) is 17.8 Å². The van der Waals surface area contributed by atoms with Crippen molar-refractivity contribution in [2.45, 2.75) is 13.0 Å². The van der Waals surface area contributed by atoms with Crippen LogP contribution < -0.4 is 21.1 Å². The van der Waals surface area contributed by atoms with Gasteiger partial charge in [-0.3, -0.25) is 14.4 Å². The summed E-state index contributed by atoms with van der Waals surface area (Å²) in [7, 11) is 0. The molecule has 0 aromatic heterocycles. The van der Waals surface area contributed by atoms with E-state index in [-0.39, 0.29) is 31.0 Å². The molecule has 0 saturated heterocycles. The number of carbonyl (C=O) groups is 3. The number of hydrogen-bond donors (Lipinski definition) is 3. The minimum atomic E-state index is -0.488. The van der Waals surface area contributed by atoms with Gasteiger partial charge in [0.2, 0.25) is 5.91 Å². The van der Waals surface area contributed by atoms with Gasteiger partial charge < -0.3 is 21.1 Å². The molecule has 0 unspecified atom stereocenters. The quantitative estimate of drug-likeness (QED) is 0.480. The van der Waals surface area contributed by atoms with Gasteiger partial charge in [-0.05, 0) is 53.6 Å². The number of carbonyl (C=O) groups excluding carboxylic acids is 3. The highest BCUT2D eigenvalue weighted by molar-refractivity contribution is 6.04. The fourth-order valence-electron chi connectivity index (χ4n) is 2.90. The summed E-state index contributed by atoms with van der Waals surface area (Å²) in [6.45, 7) is 0.0641. The third-order valence-electron chi connectivity index (χ3n) is 4.43. The van der Waals surface area contributed by atoms with Gasteiger partial charge >= 0.3 is 0 Å². The third kappa shape index (κ3) is 6.94. The van der Waals surface area contributed by atoms with Crippen LogP contribution in [0.15, 0.2) is 72.8 Å². The number of nitrogens with one attached hydrogen (secondary N) is 2. The molecule has 0 heterocycles. The van der Waals surface area contributed by atoms with E-state index in [4.69, 9.17) is 10.5 Å². The first kappa shape index (κ1) is 22.5. The number of anilines is 1. The predicted octanol–water partition coefficient (Wildman–Crippen LogP) is 2.80.